The van der Waals surface area contributed by atoms with E-state index in [9.17, 15) is 0 Å². The van der Waals surface area contributed by atoms with Crippen molar-refractivity contribution in [2.24, 2.45) is 0 Å². The summed E-state index contributed by atoms with van der Waals surface area (Å²) in [5.41, 5.74) is 17.7. The van der Waals surface area contributed by atoms with Gasteiger partial charge in [0.05, 0.1) is 17.1 Å². The molecule has 0 amide bonds. The van der Waals surface area contributed by atoms with Crippen LogP contribution in [0.15, 0.2) is 133 Å². The average Bonchev–Trinajstić information content (AvgIpc) is 4.17. The van der Waals surface area contributed by atoms with E-state index in [1.54, 1.807) is 0 Å². The number of unbranched alkanes of at least 4 members (excludes halogenated alkanes) is 6. The quantitative estimate of drug-likeness (QED) is 0.0851. The van der Waals surface area contributed by atoms with Gasteiger partial charge in [0.15, 0.2) is 0 Å². The normalized spacial score (nSPS) is 13.2. The summed E-state index contributed by atoms with van der Waals surface area (Å²) < 4.78 is 10.1. The minimum Gasteiger partial charge on any atom is -0.172 e. The molecule has 1 aliphatic rings. The fourth-order valence-corrected chi connectivity index (χ4v) is 14.1. The van der Waals surface area contributed by atoms with Gasteiger partial charge in [-0.3, -0.25) is 0 Å². The highest BCUT2D eigenvalue weighted by molar-refractivity contribution is 7.19. The van der Waals surface area contributed by atoms with Crippen LogP contribution >= 0.6 is 34.4 Å². The molecule has 0 fully saturated rings. The fourth-order valence-electron chi connectivity index (χ4n) is 10.9. The van der Waals surface area contributed by atoms with Gasteiger partial charge in [0.1, 0.15) is 11.0 Å². The van der Waals surface area contributed by atoms with E-state index in [2.05, 4.69) is 175 Å². The zero-order valence-corrected chi connectivity index (χ0v) is 42.0. The van der Waals surface area contributed by atoms with Crippen molar-refractivity contribution in [3.05, 3.63) is 177 Å². The van der Waals surface area contributed by atoms with Crippen LogP contribution in [0.25, 0.3) is 64.3 Å². The summed E-state index contributed by atoms with van der Waals surface area (Å²) in [7, 11) is 0. The van der Waals surface area contributed by atoms with Crippen LogP contribution in [-0.4, -0.2) is 8.75 Å². The van der Waals surface area contributed by atoms with Crippen LogP contribution in [0.5, 0.6) is 0 Å². The van der Waals surface area contributed by atoms with Gasteiger partial charge in [0, 0.05) is 30.6 Å². The van der Waals surface area contributed by atoms with Gasteiger partial charge in [0.2, 0.25) is 0 Å². The number of rotatable bonds is 17. The van der Waals surface area contributed by atoms with E-state index in [0.29, 0.717) is 0 Å². The first kappa shape index (κ1) is 44.6. The maximum atomic E-state index is 5.07. The molecule has 0 unspecified atom stereocenters. The van der Waals surface area contributed by atoms with Crippen LogP contribution in [0, 0.1) is 6.92 Å². The van der Waals surface area contributed by atoms with E-state index in [-0.39, 0.29) is 5.41 Å². The van der Waals surface area contributed by atoms with Crippen molar-refractivity contribution in [2.75, 3.05) is 0 Å². The topological polar surface area (TPSA) is 25.8 Å². The highest BCUT2D eigenvalue weighted by Gasteiger charge is 2.47. The molecule has 0 aliphatic heterocycles. The van der Waals surface area contributed by atoms with E-state index in [1.165, 1.54) is 160 Å². The summed E-state index contributed by atoms with van der Waals surface area (Å²) in [6.45, 7) is 14.1. The minimum absolute atomic E-state index is 0.137. The van der Waals surface area contributed by atoms with E-state index in [0.717, 1.165) is 30.3 Å². The standard InChI is InChI=1S/C61H62N2S3/c1-7-10-12-16-24-41-38-53(49-34-35-50(57-56(49)62-66-63-57)54-39-43(25-17-13-11-8-2)59(65-54)60(5,6)9-3)64-58(41)42-32-33-48-51(37-42)61(44-26-18-14-19-27-44,45-28-20-15-21-29-45)52-36-40(4)46-30-22-23-31-47(46)55(48)52/h14-15,18-23,26-39H,7-13,16-17,24-25H2,1-6H3. The zero-order chi connectivity index (χ0) is 45.4. The highest BCUT2D eigenvalue weighted by atomic mass is 32.1. The first-order valence-electron chi connectivity index (χ1n) is 24.6. The third-order valence-electron chi connectivity index (χ3n) is 14.7. The van der Waals surface area contributed by atoms with Gasteiger partial charge in [-0.05, 0) is 129 Å². The first-order valence-corrected chi connectivity index (χ1v) is 27.0. The Hall–Kier alpha value is -5.20. The lowest BCUT2D eigenvalue weighted by molar-refractivity contribution is 0.510. The van der Waals surface area contributed by atoms with Crippen molar-refractivity contribution >= 4 is 56.2 Å². The summed E-state index contributed by atoms with van der Waals surface area (Å²) in [5.74, 6) is 0. The molecule has 5 heteroatoms. The van der Waals surface area contributed by atoms with Gasteiger partial charge >= 0.3 is 0 Å². The predicted octanol–water partition coefficient (Wildman–Crippen LogP) is 18.6. The number of nitrogens with zero attached hydrogens (tertiary/aromatic N) is 2. The molecule has 1 aliphatic carbocycles. The molecule has 3 heterocycles. The summed E-state index contributed by atoms with van der Waals surface area (Å²) >= 11 is 5.28. The number of benzene rings is 6. The molecule has 0 radical (unpaired) electrons. The number of hydrogen-bond acceptors (Lipinski definition) is 5. The molecule has 0 bridgehead atoms. The zero-order valence-electron chi connectivity index (χ0n) is 39.6. The SMILES string of the molecule is CCCCCCc1cc(-c2ccc(-c3cc(CCCCCC)c(C(C)(C)CC)s3)c3nsnc23)sc1-c1ccc2c(c1)C(c1ccccc1)(c1ccccc1)c1cc(C)c3ccccc3c1-2. The highest BCUT2D eigenvalue weighted by Crippen LogP contribution is 2.59. The molecule has 0 N–H and O–H groups in total. The summed E-state index contributed by atoms with van der Waals surface area (Å²) in [6, 6.07) is 51.2. The van der Waals surface area contributed by atoms with Crippen molar-refractivity contribution < 1.29 is 0 Å². The van der Waals surface area contributed by atoms with Crippen LogP contribution < -0.4 is 0 Å². The molecular weight excluding hydrogens is 857 g/mol. The monoisotopic (exact) mass is 918 g/mol. The van der Waals surface area contributed by atoms with Crippen LogP contribution in [0.1, 0.15) is 136 Å². The molecule has 9 aromatic rings. The summed E-state index contributed by atoms with van der Waals surface area (Å²) in [4.78, 5) is 5.51. The van der Waals surface area contributed by atoms with Crippen LogP contribution in [-0.2, 0) is 23.7 Å². The second kappa shape index (κ2) is 18.8. The molecule has 6 aromatic carbocycles. The van der Waals surface area contributed by atoms with E-state index >= 15 is 0 Å². The molecule has 0 atom stereocenters. The molecule has 3 aromatic heterocycles. The van der Waals surface area contributed by atoms with Gasteiger partial charge in [-0.25, -0.2) is 0 Å². The summed E-state index contributed by atoms with van der Waals surface area (Å²) in [6.07, 6.45) is 13.3. The van der Waals surface area contributed by atoms with Gasteiger partial charge in [-0.1, -0.05) is 188 Å². The van der Waals surface area contributed by atoms with Crippen LogP contribution in [0.2, 0.25) is 0 Å². The largest absolute Gasteiger partial charge is 0.172 e. The Morgan fingerprint density at radius 1 is 0.530 bits per heavy atom. The van der Waals surface area contributed by atoms with Crippen molar-refractivity contribution in [1.82, 2.24) is 8.75 Å². The number of aryl methyl sites for hydroxylation is 3. The van der Waals surface area contributed by atoms with Gasteiger partial charge in [-0.15, -0.1) is 22.7 Å². The maximum absolute atomic E-state index is 5.07. The lowest BCUT2D eigenvalue weighted by Gasteiger charge is -2.34. The fraction of sp³-hybridized carbons (Fsp3) is 0.311. The Bertz CT molecular complexity index is 3110. The van der Waals surface area contributed by atoms with Crippen molar-refractivity contribution in [3.8, 4) is 42.4 Å². The van der Waals surface area contributed by atoms with Crippen molar-refractivity contribution in [1.29, 1.82) is 0 Å². The van der Waals surface area contributed by atoms with Gasteiger partial charge in [-0.2, -0.15) is 8.75 Å². The predicted molar refractivity (Wildman–Crippen MR) is 288 cm³/mol. The van der Waals surface area contributed by atoms with Gasteiger partial charge in [0.25, 0.3) is 0 Å². The second-order valence-electron chi connectivity index (χ2n) is 19.3. The molecule has 2 nitrogen and oxygen atoms in total. The molecule has 10 rings (SSSR count). The lowest BCUT2D eigenvalue weighted by Crippen LogP contribution is -2.28. The van der Waals surface area contributed by atoms with Crippen LogP contribution in [0.4, 0.5) is 0 Å². The molecule has 334 valence electrons. The number of fused-ring (bicyclic) bond motifs is 6. The number of aromatic nitrogens is 2. The Morgan fingerprint density at radius 2 is 1.09 bits per heavy atom. The Morgan fingerprint density at radius 3 is 1.71 bits per heavy atom. The van der Waals surface area contributed by atoms with Crippen LogP contribution in [0.3, 0.4) is 0 Å². The van der Waals surface area contributed by atoms with E-state index < -0.39 is 5.41 Å². The minimum atomic E-state index is -0.489. The molecule has 0 saturated heterocycles. The van der Waals surface area contributed by atoms with E-state index in [1.807, 2.05) is 22.7 Å². The molecule has 66 heavy (non-hydrogen) atoms. The molecule has 0 saturated carbocycles. The lowest BCUT2D eigenvalue weighted by atomic mass is 9.67. The first-order chi connectivity index (χ1) is 32.3. The Balaban J connectivity index is 1.13. The number of hydrogen-bond donors (Lipinski definition) is 0. The maximum Gasteiger partial charge on any atom is 0.114 e. The second-order valence-corrected chi connectivity index (χ2v) is 21.9. The van der Waals surface area contributed by atoms with Gasteiger partial charge < -0.3 is 0 Å². The smallest absolute Gasteiger partial charge is 0.114 e. The van der Waals surface area contributed by atoms with Crippen molar-refractivity contribution in [2.45, 2.75) is 123 Å². The third-order valence-corrected chi connectivity index (χ3v) is 18.1. The number of thiophene rings is 2. The molecular formula is C61H62N2S3. The molecule has 0 spiro atoms. The Labute approximate surface area is 405 Å². The van der Waals surface area contributed by atoms with E-state index in [4.69, 9.17) is 8.75 Å². The van der Waals surface area contributed by atoms with Crippen molar-refractivity contribution in [3.63, 3.8) is 0 Å². The average molecular weight is 919 g/mol. The Kier molecular flexibility index (Phi) is 12.7. The summed E-state index contributed by atoms with van der Waals surface area (Å²) in [5, 5.41) is 2.65. The third kappa shape index (κ3) is 7.79.